The van der Waals surface area contributed by atoms with Crippen molar-refractivity contribution in [1.29, 1.82) is 0 Å². The summed E-state index contributed by atoms with van der Waals surface area (Å²) in [5.41, 5.74) is 4.90. The lowest BCUT2D eigenvalue weighted by Crippen LogP contribution is -2.23. The fourth-order valence-electron chi connectivity index (χ4n) is 3.02. The summed E-state index contributed by atoms with van der Waals surface area (Å²) in [4.78, 5) is 12.7. The van der Waals surface area contributed by atoms with Gasteiger partial charge in [0.1, 0.15) is 0 Å². The zero-order valence-corrected chi connectivity index (χ0v) is 16.2. The molecule has 0 aliphatic heterocycles. The van der Waals surface area contributed by atoms with Crippen LogP contribution in [0.2, 0.25) is 0 Å². The molecule has 0 bridgehead atoms. The number of carbonyl (C=O) groups excluding carboxylic acids is 1. The molecule has 0 unspecified atom stereocenters. The second-order valence-electron chi connectivity index (χ2n) is 6.57. The van der Waals surface area contributed by atoms with Gasteiger partial charge in [-0.1, -0.05) is 42.1 Å². The molecular weight excluding hydrogens is 356 g/mol. The lowest BCUT2D eigenvalue weighted by atomic mass is 10.1. The number of aromatic nitrogens is 3. The second-order valence-corrected chi connectivity index (χ2v) is 7.87. The number of nitrogens with one attached hydrogen (secondary N) is 1. The quantitative estimate of drug-likeness (QED) is 0.528. The van der Waals surface area contributed by atoms with Crippen LogP contribution in [0.4, 0.5) is 5.69 Å². The largest absolute Gasteiger partial charge is 0.325 e. The topological polar surface area (TPSA) is 59.3 Å². The molecule has 0 saturated heterocycles. The number of hydrogen-bond donors (Lipinski definition) is 1. The highest BCUT2D eigenvalue weighted by Gasteiger charge is 2.19. The van der Waals surface area contributed by atoms with Crippen LogP contribution in [0.15, 0.2) is 59.8 Å². The van der Waals surface area contributed by atoms with Crippen molar-refractivity contribution in [3.63, 3.8) is 0 Å². The van der Waals surface area contributed by atoms with E-state index >= 15 is 0 Å². The second kappa shape index (κ2) is 7.04. The highest BCUT2D eigenvalue weighted by Crippen LogP contribution is 2.27. The number of anilines is 1. The minimum atomic E-state index is -0.309. The van der Waals surface area contributed by atoms with E-state index in [9.17, 15) is 4.79 Å². The van der Waals surface area contributed by atoms with Gasteiger partial charge in [0.05, 0.1) is 10.8 Å². The molecular formula is C21H20N4OS. The first-order valence-electron chi connectivity index (χ1n) is 8.81. The summed E-state index contributed by atoms with van der Waals surface area (Å²) >= 11 is 1.41. The van der Waals surface area contributed by atoms with E-state index in [1.165, 1.54) is 11.8 Å². The average Bonchev–Trinajstić information content (AvgIpc) is 3.08. The molecule has 6 heteroatoms. The van der Waals surface area contributed by atoms with Gasteiger partial charge in [-0.05, 0) is 61.5 Å². The van der Waals surface area contributed by atoms with E-state index in [-0.39, 0.29) is 11.2 Å². The number of para-hydroxylation sites is 1. The third kappa shape index (κ3) is 3.28. The van der Waals surface area contributed by atoms with Crippen LogP contribution in [0, 0.1) is 13.8 Å². The Bertz CT molecular complexity index is 1150. The minimum absolute atomic E-state index is 0.0503. The van der Waals surface area contributed by atoms with Gasteiger partial charge in [0.25, 0.3) is 0 Å². The summed E-state index contributed by atoms with van der Waals surface area (Å²) in [5.74, 6) is -0.0503. The molecule has 0 radical (unpaired) electrons. The van der Waals surface area contributed by atoms with E-state index in [0.717, 1.165) is 33.4 Å². The molecule has 4 aromatic rings. The van der Waals surface area contributed by atoms with Gasteiger partial charge in [0.15, 0.2) is 10.8 Å². The molecule has 0 aliphatic rings. The first-order valence-corrected chi connectivity index (χ1v) is 9.69. The van der Waals surface area contributed by atoms with Gasteiger partial charge in [-0.25, -0.2) is 0 Å². The van der Waals surface area contributed by atoms with Crippen molar-refractivity contribution in [2.24, 2.45) is 0 Å². The molecule has 0 aliphatic carbocycles. The number of fused-ring (bicyclic) bond motifs is 3. The van der Waals surface area contributed by atoms with Crippen molar-refractivity contribution >= 4 is 39.9 Å². The van der Waals surface area contributed by atoms with Gasteiger partial charge in [-0.15, -0.1) is 10.2 Å². The van der Waals surface area contributed by atoms with Crippen LogP contribution >= 0.6 is 11.8 Å². The molecule has 136 valence electrons. The first-order chi connectivity index (χ1) is 13.0. The maximum absolute atomic E-state index is 12.7. The Morgan fingerprint density at radius 1 is 1.04 bits per heavy atom. The number of carbonyl (C=O) groups is 1. The lowest BCUT2D eigenvalue weighted by molar-refractivity contribution is -0.115. The average molecular weight is 376 g/mol. The molecule has 4 rings (SSSR count). The SMILES string of the molecule is Cc1cccc(NC(=O)[C@@H](C)Sc2nnc3ccc4ccccc4n23)c1C. The van der Waals surface area contributed by atoms with Crippen LogP contribution in [0.25, 0.3) is 16.6 Å². The molecule has 5 nitrogen and oxygen atoms in total. The molecule has 0 fully saturated rings. The standard InChI is InChI=1S/C21H20N4OS/c1-13-7-6-9-17(14(13)2)22-20(26)15(3)27-21-24-23-19-12-11-16-8-4-5-10-18(16)25(19)21/h4-12,15H,1-3H3,(H,22,26)/t15-/m1/s1. The Kier molecular flexibility index (Phi) is 4.58. The third-order valence-corrected chi connectivity index (χ3v) is 5.80. The highest BCUT2D eigenvalue weighted by atomic mass is 32.2. The monoisotopic (exact) mass is 376 g/mol. The summed E-state index contributed by atoms with van der Waals surface area (Å²) in [7, 11) is 0. The van der Waals surface area contributed by atoms with Crippen LogP contribution in [0.3, 0.4) is 0 Å². The maximum atomic E-state index is 12.7. The van der Waals surface area contributed by atoms with Crippen LogP contribution in [-0.4, -0.2) is 25.8 Å². The Labute approximate surface area is 161 Å². The molecule has 1 atom stereocenters. The van der Waals surface area contributed by atoms with E-state index < -0.39 is 0 Å². The smallest absolute Gasteiger partial charge is 0.237 e. The van der Waals surface area contributed by atoms with Crippen molar-refractivity contribution < 1.29 is 4.79 Å². The Morgan fingerprint density at radius 2 is 1.85 bits per heavy atom. The summed E-state index contributed by atoms with van der Waals surface area (Å²) in [6.45, 7) is 5.94. The van der Waals surface area contributed by atoms with Crippen molar-refractivity contribution in [3.8, 4) is 0 Å². The number of nitrogens with zero attached hydrogens (tertiary/aromatic N) is 3. The van der Waals surface area contributed by atoms with Gasteiger partial charge in [0, 0.05) is 5.69 Å². The fourth-order valence-corrected chi connectivity index (χ4v) is 3.89. The number of aryl methyl sites for hydroxylation is 1. The number of hydrogen-bond acceptors (Lipinski definition) is 4. The van der Waals surface area contributed by atoms with Crippen LogP contribution in [-0.2, 0) is 4.79 Å². The zero-order valence-electron chi connectivity index (χ0n) is 15.4. The lowest BCUT2D eigenvalue weighted by Gasteiger charge is -2.14. The number of rotatable bonds is 4. The van der Waals surface area contributed by atoms with Crippen molar-refractivity contribution in [3.05, 3.63) is 65.7 Å². The van der Waals surface area contributed by atoms with Crippen LogP contribution < -0.4 is 5.32 Å². The van der Waals surface area contributed by atoms with Crippen LogP contribution in [0.5, 0.6) is 0 Å². The van der Waals surface area contributed by atoms with Crippen molar-refractivity contribution in [2.45, 2.75) is 31.2 Å². The molecule has 2 aromatic heterocycles. The molecule has 0 saturated carbocycles. The third-order valence-electron chi connectivity index (χ3n) is 4.76. The zero-order chi connectivity index (χ0) is 19.0. The molecule has 27 heavy (non-hydrogen) atoms. The van der Waals surface area contributed by atoms with Gasteiger partial charge in [-0.3, -0.25) is 9.20 Å². The summed E-state index contributed by atoms with van der Waals surface area (Å²) in [5, 5.41) is 13.1. The molecule has 2 aromatic carbocycles. The van der Waals surface area contributed by atoms with Crippen molar-refractivity contribution in [2.75, 3.05) is 5.32 Å². The molecule has 1 N–H and O–H groups in total. The van der Waals surface area contributed by atoms with E-state index in [0.29, 0.717) is 5.16 Å². The summed E-state index contributed by atoms with van der Waals surface area (Å²) < 4.78 is 2.00. The van der Waals surface area contributed by atoms with Crippen LogP contribution in [0.1, 0.15) is 18.1 Å². The normalized spacial score (nSPS) is 12.4. The maximum Gasteiger partial charge on any atom is 0.237 e. The van der Waals surface area contributed by atoms with E-state index in [1.807, 2.05) is 73.7 Å². The summed E-state index contributed by atoms with van der Waals surface area (Å²) in [6.07, 6.45) is 0. The first kappa shape index (κ1) is 17.5. The predicted molar refractivity (Wildman–Crippen MR) is 110 cm³/mol. The highest BCUT2D eigenvalue weighted by molar-refractivity contribution is 8.00. The molecule has 0 spiro atoms. The van der Waals surface area contributed by atoms with Gasteiger partial charge in [-0.2, -0.15) is 0 Å². The van der Waals surface area contributed by atoms with E-state index in [1.54, 1.807) is 0 Å². The van der Waals surface area contributed by atoms with Gasteiger partial charge in [0.2, 0.25) is 5.91 Å². The summed E-state index contributed by atoms with van der Waals surface area (Å²) in [6, 6.07) is 18.0. The van der Waals surface area contributed by atoms with Crippen molar-refractivity contribution in [1.82, 2.24) is 14.6 Å². The van der Waals surface area contributed by atoms with E-state index in [2.05, 4.69) is 21.6 Å². The number of pyridine rings is 1. The minimum Gasteiger partial charge on any atom is -0.325 e. The van der Waals surface area contributed by atoms with E-state index in [4.69, 9.17) is 0 Å². The molecule has 1 amide bonds. The number of amides is 1. The van der Waals surface area contributed by atoms with Gasteiger partial charge < -0.3 is 5.32 Å². The fraction of sp³-hybridized carbons (Fsp3) is 0.190. The molecule has 2 heterocycles. The number of thioether (sulfide) groups is 1. The predicted octanol–water partition coefficient (Wildman–Crippen LogP) is 4.62. The number of benzene rings is 2. The Morgan fingerprint density at radius 3 is 2.70 bits per heavy atom. The Hall–Kier alpha value is -2.86. The Balaban J connectivity index is 1.61. The van der Waals surface area contributed by atoms with Gasteiger partial charge >= 0.3 is 0 Å².